The monoisotopic (exact) mass is 269 g/mol. The van der Waals surface area contributed by atoms with Gasteiger partial charge in [-0.05, 0) is 6.92 Å². The van der Waals surface area contributed by atoms with Crippen molar-refractivity contribution in [3.8, 4) is 11.9 Å². The molecule has 0 atom stereocenters. The first-order chi connectivity index (χ1) is 9.76. The van der Waals surface area contributed by atoms with E-state index < -0.39 is 0 Å². The van der Waals surface area contributed by atoms with Crippen molar-refractivity contribution in [3.63, 3.8) is 0 Å². The van der Waals surface area contributed by atoms with Gasteiger partial charge in [0.15, 0.2) is 17.3 Å². The smallest absolute Gasteiger partial charge is 0.185 e. The zero-order valence-corrected chi connectivity index (χ0v) is 10.6. The number of anilines is 2. The zero-order chi connectivity index (χ0) is 14.1. The number of nitrogen functional groups attached to an aromatic ring is 1. The van der Waals surface area contributed by atoms with Crippen LogP contribution in [0.3, 0.4) is 0 Å². The number of hydrogen-bond donors (Lipinski definition) is 3. The molecule has 3 aromatic heterocycles. The van der Waals surface area contributed by atoms with Crippen molar-refractivity contribution >= 4 is 22.8 Å². The average Bonchev–Trinajstić information content (AvgIpc) is 3.03. The maximum Gasteiger partial charge on any atom is 0.185 e. The quantitative estimate of drug-likeness (QED) is 0.627. The van der Waals surface area contributed by atoms with Crippen LogP contribution in [-0.2, 0) is 0 Å². The van der Waals surface area contributed by atoms with Crippen molar-refractivity contribution in [2.45, 2.75) is 6.92 Å². The Kier molecular flexibility index (Phi) is 2.68. The molecular formula is C11H11N9. The zero-order valence-electron chi connectivity index (χ0n) is 10.6. The highest BCUT2D eigenvalue weighted by atomic mass is 15.4. The normalized spacial score (nSPS) is 10.6. The van der Waals surface area contributed by atoms with E-state index in [4.69, 9.17) is 5.73 Å². The summed E-state index contributed by atoms with van der Waals surface area (Å²) in [5.74, 6) is 1.10. The second-order valence-corrected chi connectivity index (χ2v) is 3.96. The third kappa shape index (κ3) is 1.63. The molecule has 3 heterocycles. The molecular weight excluding hydrogens is 258 g/mol. The van der Waals surface area contributed by atoms with Gasteiger partial charge in [-0.25, -0.2) is 15.0 Å². The molecule has 3 aromatic rings. The van der Waals surface area contributed by atoms with Gasteiger partial charge < -0.3 is 16.0 Å². The van der Waals surface area contributed by atoms with Crippen LogP contribution in [0.15, 0.2) is 12.7 Å². The highest BCUT2D eigenvalue weighted by Crippen LogP contribution is 2.25. The topological polar surface area (TPSA) is 134 Å². The molecule has 0 spiro atoms. The molecule has 0 aliphatic heterocycles. The van der Waals surface area contributed by atoms with E-state index in [9.17, 15) is 5.26 Å². The third-order valence-corrected chi connectivity index (χ3v) is 2.78. The number of H-pyrrole nitrogens is 1. The first kappa shape index (κ1) is 11.9. The molecule has 0 aliphatic rings. The van der Waals surface area contributed by atoms with Gasteiger partial charge in [-0.1, -0.05) is 0 Å². The first-order valence-corrected chi connectivity index (χ1v) is 5.93. The Hall–Kier alpha value is -3.15. The fourth-order valence-electron chi connectivity index (χ4n) is 1.91. The number of aromatic nitrogens is 6. The maximum atomic E-state index is 9.18. The molecule has 0 fully saturated rings. The van der Waals surface area contributed by atoms with E-state index in [1.165, 1.54) is 17.3 Å². The summed E-state index contributed by atoms with van der Waals surface area (Å²) in [4.78, 5) is 15.2. The van der Waals surface area contributed by atoms with E-state index in [1.54, 1.807) is 0 Å². The third-order valence-electron chi connectivity index (χ3n) is 2.78. The molecule has 0 unspecified atom stereocenters. The van der Waals surface area contributed by atoms with Gasteiger partial charge in [-0.2, -0.15) is 9.94 Å². The van der Waals surface area contributed by atoms with E-state index in [0.717, 1.165) is 0 Å². The largest absolute Gasteiger partial charge is 0.382 e. The fraction of sp³-hybridized carbons (Fsp3) is 0.182. The second-order valence-electron chi connectivity index (χ2n) is 3.96. The van der Waals surface area contributed by atoms with Crippen LogP contribution in [0.4, 0.5) is 11.6 Å². The van der Waals surface area contributed by atoms with Crippen LogP contribution >= 0.6 is 0 Å². The van der Waals surface area contributed by atoms with E-state index in [1.807, 2.05) is 13.0 Å². The molecule has 100 valence electrons. The Bertz CT molecular complexity index is 807. The lowest BCUT2D eigenvalue weighted by molar-refractivity contribution is 0.858. The molecule has 0 aliphatic carbocycles. The minimum atomic E-state index is 0.220. The van der Waals surface area contributed by atoms with Crippen LogP contribution in [-0.4, -0.2) is 36.3 Å². The summed E-state index contributed by atoms with van der Waals surface area (Å²) in [7, 11) is 0. The van der Waals surface area contributed by atoms with Gasteiger partial charge in [0, 0.05) is 6.54 Å². The summed E-state index contributed by atoms with van der Waals surface area (Å²) in [6, 6.07) is 2.04. The minimum absolute atomic E-state index is 0.220. The lowest BCUT2D eigenvalue weighted by atomic mass is 10.3. The van der Waals surface area contributed by atoms with Crippen LogP contribution < -0.4 is 11.1 Å². The van der Waals surface area contributed by atoms with E-state index in [-0.39, 0.29) is 11.4 Å². The van der Waals surface area contributed by atoms with Gasteiger partial charge in [0.25, 0.3) is 0 Å². The Morgan fingerprint density at radius 2 is 2.30 bits per heavy atom. The average molecular weight is 269 g/mol. The van der Waals surface area contributed by atoms with E-state index in [2.05, 4.69) is 30.4 Å². The molecule has 0 aromatic carbocycles. The highest BCUT2D eigenvalue weighted by Gasteiger charge is 2.19. The minimum Gasteiger partial charge on any atom is -0.382 e. The first-order valence-electron chi connectivity index (χ1n) is 5.93. The van der Waals surface area contributed by atoms with Gasteiger partial charge in [-0.3, -0.25) is 0 Å². The Morgan fingerprint density at radius 3 is 3.05 bits per heavy atom. The number of fused-ring (bicyclic) bond motifs is 1. The summed E-state index contributed by atoms with van der Waals surface area (Å²) >= 11 is 0. The number of hydrogen-bond acceptors (Lipinski definition) is 7. The number of imidazole rings is 1. The molecule has 3 rings (SSSR count). The molecule has 0 radical (unpaired) electrons. The number of nitrogens with zero attached hydrogens (tertiary/aromatic N) is 6. The number of aromatic amines is 1. The van der Waals surface area contributed by atoms with Crippen LogP contribution in [0.2, 0.25) is 0 Å². The van der Waals surface area contributed by atoms with Crippen molar-refractivity contribution < 1.29 is 0 Å². The van der Waals surface area contributed by atoms with Gasteiger partial charge in [0.2, 0.25) is 0 Å². The molecule has 4 N–H and O–H groups in total. The van der Waals surface area contributed by atoms with E-state index >= 15 is 0 Å². The molecule has 0 bridgehead atoms. The summed E-state index contributed by atoms with van der Waals surface area (Å²) < 4.78 is 1.40. The van der Waals surface area contributed by atoms with Gasteiger partial charge >= 0.3 is 0 Å². The Morgan fingerprint density at radius 1 is 1.45 bits per heavy atom. The van der Waals surface area contributed by atoms with Crippen LogP contribution in [0, 0.1) is 11.3 Å². The number of nitrogens with one attached hydrogen (secondary N) is 2. The number of nitrogens with two attached hydrogens (primary N) is 1. The standard InChI is InChI=1S/C11H11N9/c1-2-14-9-6(3-12)8(13)20(19-9)11-7-10(16-4-15-7)17-5-18-11/h4-5H,2,13H2,1H3,(H,14,19)(H,15,16,17,18). The summed E-state index contributed by atoms with van der Waals surface area (Å²) in [6.07, 6.45) is 2.89. The molecule has 0 saturated carbocycles. The fourth-order valence-corrected chi connectivity index (χ4v) is 1.91. The number of rotatable bonds is 3. The van der Waals surface area contributed by atoms with Crippen molar-refractivity contribution in [1.29, 1.82) is 5.26 Å². The molecule has 9 heteroatoms. The Balaban J connectivity index is 2.25. The molecule has 9 nitrogen and oxygen atoms in total. The summed E-state index contributed by atoms with van der Waals surface area (Å²) in [5.41, 5.74) is 7.38. The predicted octanol–water partition coefficient (Wildman–Crippen LogP) is 0.424. The van der Waals surface area contributed by atoms with Crippen molar-refractivity contribution in [3.05, 3.63) is 18.2 Å². The lowest BCUT2D eigenvalue weighted by Crippen LogP contribution is -2.06. The SMILES string of the molecule is CCNc1nn(-c2ncnc3nc[nH]c23)c(N)c1C#N. The summed E-state index contributed by atoms with van der Waals surface area (Å²) in [6.45, 7) is 2.54. The van der Waals surface area contributed by atoms with Crippen molar-refractivity contribution in [1.82, 2.24) is 29.7 Å². The Labute approximate surface area is 113 Å². The van der Waals surface area contributed by atoms with Gasteiger partial charge in [0.05, 0.1) is 6.33 Å². The van der Waals surface area contributed by atoms with Crippen molar-refractivity contribution in [2.24, 2.45) is 0 Å². The summed E-state index contributed by atoms with van der Waals surface area (Å²) in [5, 5.41) is 16.5. The molecule has 0 saturated heterocycles. The van der Waals surface area contributed by atoms with Crippen LogP contribution in [0.5, 0.6) is 0 Å². The van der Waals surface area contributed by atoms with Gasteiger partial charge in [-0.15, -0.1) is 5.10 Å². The van der Waals surface area contributed by atoms with Crippen molar-refractivity contribution in [2.75, 3.05) is 17.6 Å². The maximum absolute atomic E-state index is 9.18. The lowest BCUT2D eigenvalue weighted by Gasteiger charge is -2.02. The second kappa shape index (κ2) is 4.51. The highest BCUT2D eigenvalue weighted by molar-refractivity contribution is 5.79. The van der Waals surface area contributed by atoms with E-state index in [0.29, 0.717) is 29.3 Å². The predicted molar refractivity (Wildman–Crippen MR) is 72.1 cm³/mol. The molecule has 20 heavy (non-hydrogen) atoms. The van der Waals surface area contributed by atoms with Crippen LogP contribution in [0.25, 0.3) is 17.0 Å². The van der Waals surface area contributed by atoms with Gasteiger partial charge in [0.1, 0.15) is 29.3 Å². The molecule has 0 amide bonds. The number of nitriles is 1. The van der Waals surface area contributed by atoms with Crippen LogP contribution in [0.1, 0.15) is 12.5 Å².